The Morgan fingerprint density at radius 2 is 2.11 bits per heavy atom. The SMILES string of the molecule is COc1cccc(-c2noc(C3CCCN(C(=O)c4cccc(Cl)c4)C3)n2)c1. The summed E-state index contributed by atoms with van der Waals surface area (Å²) in [5, 5.41) is 4.67. The molecule has 28 heavy (non-hydrogen) atoms. The molecule has 0 aliphatic carbocycles. The maximum absolute atomic E-state index is 12.8. The zero-order valence-electron chi connectivity index (χ0n) is 15.5. The number of aromatic nitrogens is 2. The highest BCUT2D eigenvalue weighted by Crippen LogP contribution is 2.29. The Labute approximate surface area is 168 Å². The number of carbonyl (C=O) groups excluding carboxylic acids is 1. The van der Waals surface area contributed by atoms with E-state index in [9.17, 15) is 4.79 Å². The van der Waals surface area contributed by atoms with Crippen LogP contribution in [0.3, 0.4) is 0 Å². The molecule has 0 radical (unpaired) electrons. The molecule has 1 aliphatic heterocycles. The van der Waals surface area contributed by atoms with E-state index in [4.69, 9.17) is 20.9 Å². The van der Waals surface area contributed by atoms with E-state index in [1.54, 1.807) is 31.4 Å². The maximum Gasteiger partial charge on any atom is 0.253 e. The molecule has 1 saturated heterocycles. The summed E-state index contributed by atoms with van der Waals surface area (Å²) in [4.78, 5) is 19.2. The molecule has 1 aromatic heterocycles. The molecule has 0 spiro atoms. The first kappa shape index (κ1) is 18.5. The van der Waals surface area contributed by atoms with Gasteiger partial charge in [0, 0.05) is 29.2 Å². The fourth-order valence-electron chi connectivity index (χ4n) is 3.45. The molecule has 1 atom stereocenters. The van der Waals surface area contributed by atoms with Gasteiger partial charge in [0.2, 0.25) is 11.7 Å². The van der Waals surface area contributed by atoms with E-state index in [1.165, 1.54) is 0 Å². The average molecular weight is 398 g/mol. The first-order valence-corrected chi connectivity index (χ1v) is 9.54. The van der Waals surface area contributed by atoms with Gasteiger partial charge >= 0.3 is 0 Å². The minimum Gasteiger partial charge on any atom is -0.497 e. The van der Waals surface area contributed by atoms with Gasteiger partial charge in [-0.3, -0.25) is 4.79 Å². The first-order chi connectivity index (χ1) is 13.6. The maximum atomic E-state index is 12.8. The number of piperidine rings is 1. The number of halogens is 1. The average Bonchev–Trinajstić information content (AvgIpc) is 3.24. The van der Waals surface area contributed by atoms with Crippen molar-refractivity contribution in [2.45, 2.75) is 18.8 Å². The Balaban J connectivity index is 1.50. The first-order valence-electron chi connectivity index (χ1n) is 9.17. The molecule has 1 amide bonds. The summed E-state index contributed by atoms with van der Waals surface area (Å²) >= 11 is 6.02. The van der Waals surface area contributed by atoms with Crippen LogP contribution in [0.2, 0.25) is 5.02 Å². The number of benzene rings is 2. The Morgan fingerprint density at radius 3 is 2.93 bits per heavy atom. The number of rotatable bonds is 4. The number of ether oxygens (including phenoxy) is 1. The van der Waals surface area contributed by atoms with Crippen LogP contribution in [-0.4, -0.2) is 41.1 Å². The van der Waals surface area contributed by atoms with Gasteiger partial charge in [-0.1, -0.05) is 35.0 Å². The summed E-state index contributed by atoms with van der Waals surface area (Å²) in [6.07, 6.45) is 1.78. The third kappa shape index (κ3) is 3.87. The summed E-state index contributed by atoms with van der Waals surface area (Å²) in [5.41, 5.74) is 1.42. The lowest BCUT2D eigenvalue weighted by atomic mass is 9.97. The van der Waals surface area contributed by atoms with Gasteiger partial charge in [0.1, 0.15) is 5.75 Å². The minimum absolute atomic E-state index is 0.0174. The van der Waals surface area contributed by atoms with Gasteiger partial charge in [-0.15, -0.1) is 0 Å². The fraction of sp³-hybridized carbons (Fsp3) is 0.286. The third-order valence-electron chi connectivity index (χ3n) is 4.90. The molecule has 2 aromatic carbocycles. The van der Waals surface area contributed by atoms with Crippen molar-refractivity contribution in [2.75, 3.05) is 20.2 Å². The van der Waals surface area contributed by atoms with Crippen LogP contribution in [0.1, 0.15) is 35.0 Å². The molecule has 7 heteroatoms. The van der Waals surface area contributed by atoms with Crippen LogP contribution in [-0.2, 0) is 0 Å². The molecule has 0 N–H and O–H groups in total. The number of likely N-dealkylation sites (tertiary alicyclic amines) is 1. The van der Waals surface area contributed by atoms with Gasteiger partial charge in [-0.25, -0.2) is 0 Å². The minimum atomic E-state index is -0.0280. The predicted octanol–water partition coefficient (Wildman–Crippen LogP) is 4.42. The molecule has 1 fully saturated rings. The molecule has 1 unspecified atom stereocenters. The van der Waals surface area contributed by atoms with E-state index in [0.29, 0.717) is 35.4 Å². The van der Waals surface area contributed by atoms with Gasteiger partial charge in [0.05, 0.1) is 13.0 Å². The molecule has 1 aliphatic rings. The largest absolute Gasteiger partial charge is 0.497 e. The lowest BCUT2D eigenvalue weighted by Gasteiger charge is -2.31. The highest BCUT2D eigenvalue weighted by atomic mass is 35.5. The van der Waals surface area contributed by atoms with Crippen molar-refractivity contribution in [3.05, 3.63) is 65.0 Å². The van der Waals surface area contributed by atoms with Crippen molar-refractivity contribution in [3.63, 3.8) is 0 Å². The van der Waals surface area contributed by atoms with E-state index >= 15 is 0 Å². The predicted molar refractivity (Wildman–Crippen MR) is 106 cm³/mol. The van der Waals surface area contributed by atoms with Gasteiger partial charge < -0.3 is 14.2 Å². The molecule has 2 heterocycles. The van der Waals surface area contributed by atoms with Gasteiger partial charge in [-0.05, 0) is 43.2 Å². The van der Waals surface area contributed by atoms with Crippen molar-refractivity contribution >= 4 is 17.5 Å². The number of hydrogen-bond donors (Lipinski definition) is 0. The number of hydrogen-bond acceptors (Lipinski definition) is 5. The Bertz CT molecular complexity index is 988. The molecule has 144 valence electrons. The van der Waals surface area contributed by atoms with Crippen LogP contribution >= 0.6 is 11.6 Å². The standard InChI is InChI=1S/C21H20ClN3O3/c1-27-18-9-3-5-14(12-18)19-23-20(28-24-19)16-7-4-10-25(13-16)21(26)15-6-2-8-17(22)11-15/h2-3,5-6,8-9,11-12,16H,4,7,10,13H2,1H3. The molecule has 4 rings (SSSR count). The Hall–Kier alpha value is -2.86. The summed E-state index contributed by atoms with van der Waals surface area (Å²) in [6.45, 7) is 1.25. The highest BCUT2D eigenvalue weighted by molar-refractivity contribution is 6.30. The zero-order chi connectivity index (χ0) is 19.5. The summed E-state index contributed by atoms with van der Waals surface area (Å²) in [6, 6.07) is 14.6. The van der Waals surface area contributed by atoms with Crippen molar-refractivity contribution in [1.82, 2.24) is 15.0 Å². The summed E-state index contributed by atoms with van der Waals surface area (Å²) < 4.78 is 10.8. The van der Waals surface area contributed by atoms with Crippen LogP contribution in [0.5, 0.6) is 5.75 Å². The number of nitrogens with zero attached hydrogens (tertiary/aromatic N) is 3. The third-order valence-corrected chi connectivity index (χ3v) is 5.13. The van der Waals surface area contributed by atoms with Crippen molar-refractivity contribution in [1.29, 1.82) is 0 Å². The van der Waals surface area contributed by atoms with E-state index < -0.39 is 0 Å². The van der Waals surface area contributed by atoms with Gasteiger partial charge in [0.15, 0.2) is 0 Å². The highest BCUT2D eigenvalue weighted by Gasteiger charge is 2.29. The monoisotopic (exact) mass is 397 g/mol. The quantitative estimate of drug-likeness (QED) is 0.651. The second-order valence-electron chi connectivity index (χ2n) is 6.79. The molecule has 0 saturated carbocycles. The topological polar surface area (TPSA) is 68.5 Å². The lowest BCUT2D eigenvalue weighted by Crippen LogP contribution is -2.39. The summed E-state index contributed by atoms with van der Waals surface area (Å²) in [7, 11) is 1.62. The van der Waals surface area contributed by atoms with Gasteiger partial charge in [-0.2, -0.15) is 4.98 Å². The molecule has 3 aromatic rings. The van der Waals surface area contributed by atoms with Crippen molar-refractivity contribution < 1.29 is 14.1 Å². The van der Waals surface area contributed by atoms with Crippen LogP contribution in [0.25, 0.3) is 11.4 Å². The Kier molecular flexibility index (Phi) is 5.30. The van der Waals surface area contributed by atoms with Crippen LogP contribution in [0.15, 0.2) is 53.1 Å². The smallest absolute Gasteiger partial charge is 0.253 e. The number of methoxy groups -OCH3 is 1. The number of amides is 1. The van der Waals surface area contributed by atoms with Crippen molar-refractivity contribution in [3.8, 4) is 17.1 Å². The molecule has 6 nitrogen and oxygen atoms in total. The van der Waals surface area contributed by atoms with E-state index in [0.717, 1.165) is 24.2 Å². The van der Waals surface area contributed by atoms with E-state index in [1.807, 2.05) is 29.2 Å². The molecular weight excluding hydrogens is 378 g/mol. The molecular formula is C21H20ClN3O3. The zero-order valence-corrected chi connectivity index (χ0v) is 16.2. The van der Waals surface area contributed by atoms with Crippen LogP contribution in [0.4, 0.5) is 0 Å². The lowest BCUT2D eigenvalue weighted by molar-refractivity contribution is 0.0695. The van der Waals surface area contributed by atoms with Crippen molar-refractivity contribution in [2.24, 2.45) is 0 Å². The fourth-order valence-corrected chi connectivity index (χ4v) is 3.64. The second kappa shape index (κ2) is 8.02. The summed E-state index contributed by atoms with van der Waals surface area (Å²) in [5.74, 6) is 1.80. The van der Waals surface area contributed by atoms with Crippen LogP contribution in [0, 0.1) is 0 Å². The second-order valence-corrected chi connectivity index (χ2v) is 7.23. The molecule has 0 bridgehead atoms. The normalized spacial score (nSPS) is 16.8. The van der Waals surface area contributed by atoms with Crippen LogP contribution < -0.4 is 4.74 Å². The number of carbonyl (C=O) groups is 1. The van der Waals surface area contributed by atoms with E-state index in [-0.39, 0.29) is 11.8 Å². The Morgan fingerprint density at radius 1 is 1.25 bits per heavy atom. The van der Waals surface area contributed by atoms with E-state index in [2.05, 4.69) is 10.1 Å². The van der Waals surface area contributed by atoms with Gasteiger partial charge in [0.25, 0.3) is 5.91 Å².